The number of aromatic hydroxyl groups is 2. The summed E-state index contributed by atoms with van der Waals surface area (Å²) in [5.74, 6) is -3.74. The zero-order valence-electron chi connectivity index (χ0n) is 23.7. The molecule has 0 bridgehead atoms. The highest BCUT2D eigenvalue weighted by Crippen LogP contribution is 2.49. The average Bonchev–Trinajstić information content (AvgIpc) is 2.94. The van der Waals surface area contributed by atoms with Crippen molar-refractivity contribution in [2.75, 3.05) is 28.4 Å². The quantitative estimate of drug-likeness (QED) is 0.320. The van der Waals surface area contributed by atoms with E-state index in [1.165, 1.54) is 41.4 Å². The lowest BCUT2D eigenvalue weighted by atomic mass is 9.72. The first-order chi connectivity index (χ1) is 19.8. The fourth-order valence-electron chi connectivity index (χ4n) is 6.14. The molecule has 5 rings (SSSR count). The molecule has 3 aliphatic rings. The Morgan fingerprint density at radius 1 is 0.857 bits per heavy atom. The molecule has 4 N–H and O–H groups in total. The molecule has 0 radical (unpaired) electrons. The van der Waals surface area contributed by atoms with Crippen molar-refractivity contribution in [2.45, 2.75) is 62.4 Å². The van der Waals surface area contributed by atoms with Gasteiger partial charge in [-0.3, -0.25) is 14.4 Å². The highest BCUT2D eigenvalue weighted by molar-refractivity contribution is 6.31. The molecule has 0 aromatic heterocycles. The molecule has 0 spiro atoms. The maximum atomic E-state index is 13.7. The molecule has 13 nitrogen and oxygen atoms in total. The molecule has 13 heteroatoms. The maximum Gasteiger partial charge on any atom is 0.201 e. The number of aliphatic hydroxyl groups is 2. The van der Waals surface area contributed by atoms with Gasteiger partial charge < -0.3 is 48.8 Å². The number of fused-ring (bicyclic) bond motifs is 3. The van der Waals surface area contributed by atoms with Crippen LogP contribution in [0.4, 0.5) is 0 Å². The van der Waals surface area contributed by atoms with Crippen molar-refractivity contribution < 1.29 is 63.2 Å². The SMILES string of the molecule is COc1cc(O)c2c(c1)C(=O)c1cc3c(c(O)c1C2=O)[C@H](O[C@@H]1O[C@@H](C)[C@H](OC)[C@@H](O)[C@H]1OC)[C@H](OC)[C@@](C)(O)C3=O. The Morgan fingerprint density at radius 2 is 1.50 bits per heavy atom. The number of ketones is 3. The van der Waals surface area contributed by atoms with Gasteiger partial charge in [-0.25, -0.2) is 0 Å². The Morgan fingerprint density at radius 3 is 2.10 bits per heavy atom. The van der Waals surface area contributed by atoms with Gasteiger partial charge in [-0.15, -0.1) is 0 Å². The van der Waals surface area contributed by atoms with Crippen LogP contribution in [-0.4, -0.2) is 109 Å². The molecule has 1 saturated heterocycles. The molecule has 2 aromatic carbocycles. The van der Waals surface area contributed by atoms with Gasteiger partial charge in [-0.2, -0.15) is 0 Å². The number of phenolic OH excluding ortho intramolecular Hbond substituents is 2. The summed E-state index contributed by atoms with van der Waals surface area (Å²) in [7, 11) is 5.25. The largest absolute Gasteiger partial charge is 0.507 e. The van der Waals surface area contributed by atoms with E-state index in [9.17, 15) is 34.8 Å². The number of rotatable bonds is 6. The van der Waals surface area contributed by atoms with Crippen molar-refractivity contribution in [2.24, 2.45) is 0 Å². The fourth-order valence-corrected chi connectivity index (χ4v) is 6.14. The average molecular weight is 589 g/mol. The topological polar surface area (TPSA) is 188 Å². The van der Waals surface area contributed by atoms with Crippen LogP contribution in [0, 0.1) is 0 Å². The standard InChI is InChI=1S/C29H32O13/c1-10-23(38-4)22(34)25(39-5)28(41-10)42-24-18-14(26(35)29(2,36)27(24)40-6)9-13-17(21(18)33)20(32)16-12(19(13)31)7-11(37-3)8-15(16)30/h7-10,22-25,27-28,30,33-34,36H,1-6H3/t10-,22+,23-,24-,25+,27-,28-,29-/m0/s1. The summed E-state index contributed by atoms with van der Waals surface area (Å²) in [6.07, 6.45) is -8.04. The normalized spacial score (nSPS) is 32.3. The van der Waals surface area contributed by atoms with Gasteiger partial charge in [-0.05, 0) is 26.0 Å². The summed E-state index contributed by atoms with van der Waals surface area (Å²) in [6, 6.07) is 3.53. The van der Waals surface area contributed by atoms with Gasteiger partial charge in [0.15, 0.2) is 23.5 Å². The molecule has 2 aliphatic carbocycles. The number of aliphatic hydroxyl groups excluding tert-OH is 1. The molecule has 0 unspecified atom stereocenters. The maximum absolute atomic E-state index is 13.7. The van der Waals surface area contributed by atoms with Crippen LogP contribution in [0.5, 0.6) is 17.2 Å². The Bertz CT molecular complexity index is 1460. The number of ether oxygens (including phenoxy) is 6. The van der Waals surface area contributed by atoms with Gasteiger partial charge in [0.1, 0.15) is 47.8 Å². The first-order valence-electron chi connectivity index (χ1n) is 13.1. The third kappa shape index (κ3) is 4.23. The van der Waals surface area contributed by atoms with Crippen LogP contribution in [0.2, 0.25) is 0 Å². The lowest BCUT2D eigenvalue weighted by Crippen LogP contribution is -2.61. The molecule has 42 heavy (non-hydrogen) atoms. The molecule has 226 valence electrons. The van der Waals surface area contributed by atoms with E-state index in [1.807, 2.05) is 0 Å². The highest BCUT2D eigenvalue weighted by Gasteiger charge is 2.56. The van der Waals surface area contributed by atoms with E-state index in [2.05, 4.69) is 0 Å². The predicted octanol–water partition coefficient (Wildman–Crippen LogP) is 1.04. The van der Waals surface area contributed by atoms with Gasteiger partial charge in [-0.1, -0.05) is 0 Å². The lowest BCUT2D eigenvalue weighted by molar-refractivity contribution is -0.323. The predicted molar refractivity (Wildman–Crippen MR) is 141 cm³/mol. The lowest BCUT2D eigenvalue weighted by Gasteiger charge is -2.46. The molecule has 1 heterocycles. The number of hydrogen-bond acceptors (Lipinski definition) is 13. The third-order valence-corrected chi connectivity index (χ3v) is 8.26. The van der Waals surface area contributed by atoms with Crippen molar-refractivity contribution in [1.82, 2.24) is 0 Å². The van der Waals surface area contributed by atoms with E-state index in [-0.39, 0.29) is 33.6 Å². The van der Waals surface area contributed by atoms with Crippen LogP contribution in [0.25, 0.3) is 0 Å². The second-order valence-corrected chi connectivity index (χ2v) is 10.6. The minimum Gasteiger partial charge on any atom is -0.507 e. The molecule has 1 fully saturated rings. The van der Waals surface area contributed by atoms with Crippen LogP contribution < -0.4 is 4.74 Å². The monoisotopic (exact) mass is 588 g/mol. The Kier molecular flexibility index (Phi) is 7.64. The van der Waals surface area contributed by atoms with Gasteiger partial charge in [0.05, 0.1) is 24.3 Å². The molecule has 0 saturated carbocycles. The smallest absolute Gasteiger partial charge is 0.201 e. The minimum atomic E-state index is -2.23. The number of carbonyl (C=O) groups is 3. The minimum absolute atomic E-state index is 0.112. The third-order valence-electron chi connectivity index (χ3n) is 8.26. The Balaban J connectivity index is 1.69. The van der Waals surface area contributed by atoms with Gasteiger partial charge in [0.2, 0.25) is 5.78 Å². The first kappa shape index (κ1) is 30.0. The van der Waals surface area contributed by atoms with Gasteiger partial charge in [0.25, 0.3) is 0 Å². The number of methoxy groups -OCH3 is 4. The summed E-state index contributed by atoms with van der Waals surface area (Å²) in [4.78, 5) is 40.9. The number of benzene rings is 2. The molecule has 8 atom stereocenters. The Hall–Kier alpha value is -3.43. The summed E-state index contributed by atoms with van der Waals surface area (Å²) >= 11 is 0. The molecule has 2 aromatic rings. The number of Topliss-reactive ketones (excluding diaryl/α,β-unsaturated/α-hetero) is 1. The van der Waals surface area contributed by atoms with Gasteiger partial charge in [0, 0.05) is 49.6 Å². The van der Waals surface area contributed by atoms with E-state index in [1.54, 1.807) is 6.92 Å². The summed E-state index contributed by atoms with van der Waals surface area (Å²) < 4.78 is 33.5. The van der Waals surface area contributed by atoms with Crippen molar-refractivity contribution in [3.05, 3.63) is 51.6 Å². The zero-order chi connectivity index (χ0) is 30.8. The zero-order valence-corrected chi connectivity index (χ0v) is 23.7. The molecular weight excluding hydrogens is 556 g/mol. The Labute approximate surface area is 240 Å². The second-order valence-electron chi connectivity index (χ2n) is 10.6. The van der Waals surface area contributed by atoms with E-state index in [4.69, 9.17) is 28.4 Å². The van der Waals surface area contributed by atoms with Crippen LogP contribution >= 0.6 is 0 Å². The molecule has 0 amide bonds. The van der Waals surface area contributed by atoms with Crippen LogP contribution in [0.15, 0.2) is 18.2 Å². The van der Waals surface area contributed by atoms with Crippen LogP contribution in [0.3, 0.4) is 0 Å². The van der Waals surface area contributed by atoms with Crippen molar-refractivity contribution in [3.8, 4) is 17.2 Å². The number of carbonyl (C=O) groups excluding carboxylic acids is 3. The van der Waals surface area contributed by atoms with E-state index < -0.39 is 82.9 Å². The summed E-state index contributed by atoms with van der Waals surface area (Å²) in [5.41, 5.74) is -4.09. The van der Waals surface area contributed by atoms with Crippen molar-refractivity contribution in [3.63, 3.8) is 0 Å². The summed E-state index contributed by atoms with van der Waals surface area (Å²) in [6.45, 7) is 2.83. The summed E-state index contributed by atoms with van der Waals surface area (Å²) in [5, 5.41) is 44.4. The van der Waals surface area contributed by atoms with Crippen molar-refractivity contribution >= 4 is 17.3 Å². The van der Waals surface area contributed by atoms with E-state index in [0.29, 0.717) is 0 Å². The molecular formula is C29H32O13. The number of hydrogen-bond donors (Lipinski definition) is 4. The van der Waals surface area contributed by atoms with Crippen LogP contribution in [-0.2, 0) is 23.7 Å². The fraction of sp³-hybridized carbons (Fsp3) is 0.483. The van der Waals surface area contributed by atoms with Crippen molar-refractivity contribution in [1.29, 1.82) is 0 Å². The van der Waals surface area contributed by atoms with Crippen LogP contribution in [0.1, 0.15) is 67.7 Å². The van der Waals surface area contributed by atoms with E-state index in [0.717, 1.165) is 12.1 Å². The van der Waals surface area contributed by atoms with Gasteiger partial charge >= 0.3 is 0 Å². The number of phenols is 2. The molecule has 1 aliphatic heterocycles. The van der Waals surface area contributed by atoms with E-state index >= 15 is 0 Å². The first-order valence-corrected chi connectivity index (χ1v) is 13.1. The second kappa shape index (κ2) is 10.7. The highest BCUT2D eigenvalue weighted by atomic mass is 16.7.